The molecule has 0 unspecified atom stereocenters. The highest BCUT2D eigenvalue weighted by Crippen LogP contribution is 2.54. The Morgan fingerprint density at radius 2 is 1.84 bits per heavy atom. The molecular formula is C57H60ClFN12O8S. The first-order valence-electron chi connectivity index (χ1n) is 26.9. The highest BCUT2D eigenvalue weighted by molar-refractivity contribution is 7.13. The van der Waals surface area contributed by atoms with Gasteiger partial charge >= 0.3 is 6.01 Å². The van der Waals surface area contributed by atoms with Crippen molar-refractivity contribution in [3.05, 3.63) is 106 Å². The number of aromatic amines is 1. The normalized spacial score (nSPS) is 19.2. The van der Waals surface area contributed by atoms with Crippen LogP contribution in [-0.2, 0) is 20.9 Å². The lowest BCUT2D eigenvalue weighted by Gasteiger charge is -2.35. The monoisotopic (exact) mass is 1130 g/mol. The van der Waals surface area contributed by atoms with E-state index in [0.717, 1.165) is 28.2 Å². The van der Waals surface area contributed by atoms with E-state index in [9.17, 15) is 19.8 Å². The van der Waals surface area contributed by atoms with Gasteiger partial charge in [-0.15, -0.1) is 16.4 Å². The smallest absolute Gasteiger partial charge is 0.319 e. The third-order valence-electron chi connectivity index (χ3n) is 15.6. The number of carbonyl (C=O) groups is 2. The maximum Gasteiger partial charge on any atom is 0.319 e. The van der Waals surface area contributed by atoms with Gasteiger partial charge in [0.05, 0.1) is 82.4 Å². The molecule has 0 bridgehead atoms. The van der Waals surface area contributed by atoms with Crippen LogP contribution >= 0.6 is 22.9 Å². The second-order valence-corrected chi connectivity index (χ2v) is 22.4. The molecule has 416 valence electrons. The number of β-amino-alcohol motifs (C(OH)–C–C–N with tert-alkyl or cyclic N) is 1. The summed E-state index contributed by atoms with van der Waals surface area (Å²) in [7, 11) is 0. The van der Waals surface area contributed by atoms with Gasteiger partial charge in [0.2, 0.25) is 11.8 Å². The number of H-pyrrole nitrogens is 1. The Morgan fingerprint density at radius 1 is 1.05 bits per heavy atom. The van der Waals surface area contributed by atoms with Gasteiger partial charge in [-0.2, -0.15) is 15.1 Å². The second-order valence-electron chi connectivity index (χ2n) is 21.2. The van der Waals surface area contributed by atoms with E-state index in [1.807, 2.05) is 69.3 Å². The minimum atomic E-state index is -0.992. The van der Waals surface area contributed by atoms with Gasteiger partial charge in [0.1, 0.15) is 54.2 Å². The number of likely N-dealkylation sites (tertiary alicyclic amines) is 1. The molecule has 5 atom stereocenters. The molecular weight excluding hydrogens is 1070 g/mol. The van der Waals surface area contributed by atoms with Crippen molar-refractivity contribution in [2.75, 3.05) is 57.5 Å². The zero-order valence-electron chi connectivity index (χ0n) is 44.5. The number of nitrogens with zero attached hydrogens (tertiary/aromatic N) is 9. The fraction of sp³-hybridized carbons (Fsp3) is 0.404. The van der Waals surface area contributed by atoms with E-state index in [-0.39, 0.29) is 61.0 Å². The SMILES string of the molecule is Cc1ncsc1-c1ccc([C@H](CO)NC(=O)[C@@H]2C[C@@H](O)CN2C(=O)[C@H](C(C)C)n2cc(-c3ccc(COc4c(-c5c(C)c(F)cc6[nH]ncc56)c(Cl)c5c6c(nc(OC7CCOCC7)nc46)N4CCNC[C@H]4CO5)cc3)nn2)cc1. The summed E-state index contributed by atoms with van der Waals surface area (Å²) in [5, 5.41) is 45.2. The van der Waals surface area contributed by atoms with Crippen LogP contribution < -0.4 is 29.7 Å². The number of hydrogen-bond donors (Lipinski definition) is 5. The number of thiazole rings is 1. The van der Waals surface area contributed by atoms with Gasteiger partial charge in [-0.25, -0.2) is 14.1 Å². The van der Waals surface area contributed by atoms with Crippen LogP contribution in [0.2, 0.25) is 5.02 Å². The molecule has 3 fully saturated rings. The van der Waals surface area contributed by atoms with Crippen LogP contribution in [0, 0.1) is 25.6 Å². The average molecular weight is 1130 g/mol. The largest absolute Gasteiger partial charge is 0.489 e. The number of aliphatic hydroxyl groups is 2. The number of benzene rings is 4. The van der Waals surface area contributed by atoms with Crippen LogP contribution in [0.15, 0.2) is 72.5 Å². The molecule has 0 radical (unpaired) electrons. The van der Waals surface area contributed by atoms with Crippen molar-refractivity contribution < 1.29 is 43.1 Å². The Kier molecular flexibility index (Phi) is 14.9. The van der Waals surface area contributed by atoms with Crippen molar-refractivity contribution in [2.24, 2.45) is 5.92 Å². The predicted molar refractivity (Wildman–Crippen MR) is 298 cm³/mol. The van der Waals surface area contributed by atoms with Gasteiger partial charge in [-0.05, 0) is 48.1 Å². The number of anilines is 1. The van der Waals surface area contributed by atoms with E-state index >= 15 is 4.39 Å². The molecule has 3 saturated heterocycles. The molecule has 0 saturated carbocycles. The molecule has 4 aromatic heterocycles. The highest BCUT2D eigenvalue weighted by atomic mass is 35.5. The van der Waals surface area contributed by atoms with Crippen LogP contribution in [0.3, 0.4) is 0 Å². The minimum absolute atomic E-state index is 0.0269. The molecule has 80 heavy (non-hydrogen) atoms. The lowest BCUT2D eigenvalue weighted by Crippen LogP contribution is -2.53. The van der Waals surface area contributed by atoms with Gasteiger partial charge in [0, 0.05) is 67.5 Å². The van der Waals surface area contributed by atoms with E-state index in [2.05, 4.69) is 41.0 Å². The fourth-order valence-electron chi connectivity index (χ4n) is 11.4. The number of amides is 2. The van der Waals surface area contributed by atoms with Gasteiger partial charge in [0.15, 0.2) is 11.5 Å². The predicted octanol–water partition coefficient (Wildman–Crippen LogP) is 7.28. The molecule has 8 aromatic rings. The number of aryl methyl sites for hydroxylation is 1. The molecule has 4 aliphatic heterocycles. The van der Waals surface area contributed by atoms with Gasteiger partial charge in [-0.1, -0.05) is 79.2 Å². The number of halogens is 2. The molecule has 23 heteroatoms. The summed E-state index contributed by atoms with van der Waals surface area (Å²) in [6.07, 6.45) is 3.60. The summed E-state index contributed by atoms with van der Waals surface area (Å²) in [6, 6.07) is 14.0. The van der Waals surface area contributed by atoms with Gasteiger partial charge in [-0.3, -0.25) is 14.7 Å². The van der Waals surface area contributed by atoms with Crippen LogP contribution in [0.4, 0.5) is 10.2 Å². The van der Waals surface area contributed by atoms with Crippen LogP contribution in [-0.4, -0.2) is 144 Å². The van der Waals surface area contributed by atoms with Crippen LogP contribution in [0.25, 0.3) is 54.6 Å². The van der Waals surface area contributed by atoms with Crippen molar-refractivity contribution in [2.45, 2.75) is 89.9 Å². The molecule has 8 heterocycles. The van der Waals surface area contributed by atoms with Gasteiger partial charge in [0.25, 0.3) is 0 Å². The van der Waals surface area contributed by atoms with E-state index in [4.69, 9.17) is 40.5 Å². The number of hydrogen-bond acceptors (Lipinski definition) is 17. The summed E-state index contributed by atoms with van der Waals surface area (Å²) in [5.41, 5.74) is 8.39. The van der Waals surface area contributed by atoms with Crippen molar-refractivity contribution in [1.82, 2.24) is 55.7 Å². The van der Waals surface area contributed by atoms with E-state index in [1.54, 1.807) is 24.8 Å². The molecule has 12 rings (SSSR count). The molecule has 4 aromatic carbocycles. The number of ether oxygens (including phenoxy) is 4. The third-order valence-corrected chi connectivity index (χ3v) is 17.0. The van der Waals surface area contributed by atoms with E-state index in [0.29, 0.717) is 113 Å². The number of carbonyl (C=O) groups excluding carboxylic acids is 2. The van der Waals surface area contributed by atoms with E-state index in [1.165, 1.54) is 27.0 Å². The number of fused-ring (bicyclic) bond motifs is 3. The summed E-state index contributed by atoms with van der Waals surface area (Å²) in [5.74, 6) is -0.386. The Bertz CT molecular complexity index is 3610. The fourth-order valence-corrected chi connectivity index (χ4v) is 12.5. The summed E-state index contributed by atoms with van der Waals surface area (Å²) in [4.78, 5) is 47.7. The Labute approximate surface area is 468 Å². The van der Waals surface area contributed by atoms with Crippen LogP contribution in [0.1, 0.15) is 67.6 Å². The topological polar surface area (TPSA) is 240 Å². The van der Waals surface area contributed by atoms with E-state index < -0.39 is 41.9 Å². The quantitative estimate of drug-likeness (QED) is 0.0678. The summed E-state index contributed by atoms with van der Waals surface area (Å²) < 4.78 is 43.3. The maximum absolute atomic E-state index is 16.0. The summed E-state index contributed by atoms with van der Waals surface area (Å²) >= 11 is 9.12. The Hall–Kier alpha value is -7.34. The molecule has 4 aliphatic rings. The first-order chi connectivity index (χ1) is 38.8. The zero-order valence-corrected chi connectivity index (χ0v) is 46.1. The Morgan fingerprint density at radius 3 is 2.59 bits per heavy atom. The molecule has 0 aliphatic carbocycles. The van der Waals surface area contributed by atoms with Crippen molar-refractivity contribution in [1.29, 1.82) is 0 Å². The highest BCUT2D eigenvalue weighted by Gasteiger charge is 2.44. The summed E-state index contributed by atoms with van der Waals surface area (Å²) in [6.45, 7) is 10.4. The lowest BCUT2D eigenvalue weighted by atomic mass is 9.93. The van der Waals surface area contributed by atoms with Gasteiger partial charge < -0.3 is 49.6 Å². The molecule has 0 spiro atoms. The number of piperazine rings is 1. The molecule has 5 N–H and O–H groups in total. The van der Waals surface area contributed by atoms with Crippen molar-refractivity contribution in [3.63, 3.8) is 0 Å². The van der Waals surface area contributed by atoms with Crippen molar-refractivity contribution in [3.8, 4) is 50.3 Å². The minimum Gasteiger partial charge on any atom is -0.489 e. The lowest BCUT2D eigenvalue weighted by molar-refractivity contribution is -0.142. The van der Waals surface area contributed by atoms with Crippen molar-refractivity contribution >= 4 is 62.4 Å². The third kappa shape index (κ3) is 10.1. The Balaban J connectivity index is 0.824. The number of rotatable bonds is 15. The first kappa shape index (κ1) is 53.3. The number of nitrogens with one attached hydrogen (secondary N) is 3. The molecule has 20 nitrogen and oxygen atoms in total. The number of aromatic nitrogens is 8. The average Bonchev–Trinajstić information content (AvgIpc) is 3.74. The van der Waals surface area contributed by atoms with Crippen LogP contribution in [0.5, 0.6) is 17.5 Å². The maximum atomic E-state index is 16.0. The molecule has 2 amide bonds. The zero-order chi connectivity index (χ0) is 55.3. The standard InChI is InChI=1S/C57H60ClFN12O8S/c1-29(2)50(56(75)70-23-37(73)19-44(70)55(74)63-43(25-72)34-9-11-35(12-10-34)53-31(4)61-28-80-53)71-24-42(67-68-71)33-7-5-32(6-8-33)26-77-52-46(45-30(3)40(59)20-41-39(45)22-62-66-41)48(58)51-47-49(52)64-57(79-38-13-17-76-18-14-38)65-54(47)69-16-15-60-21-36(69)27-78-51/h5-12,20,22,24,28-29,36-38,43-44,50,60,72-73H,13-19,21,23,25-27H2,1-4H3,(H,62,66)(H,63,74)/t36-,37+,43-,44-,50-/m0/s1. The number of aliphatic hydroxyl groups excluding tert-OH is 2. The first-order valence-corrected chi connectivity index (χ1v) is 28.2. The second kappa shape index (κ2) is 22.3.